The summed E-state index contributed by atoms with van der Waals surface area (Å²) in [6.45, 7) is 2.11. The zero-order chi connectivity index (χ0) is 14.1. The smallest absolute Gasteiger partial charge is 0.134 e. The van der Waals surface area contributed by atoms with Crippen LogP contribution in [0.3, 0.4) is 0 Å². The maximum Gasteiger partial charge on any atom is 0.134 e. The summed E-state index contributed by atoms with van der Waals surface area (Å²) in [7, 11) is 3.91. The van der Waals surface area contributed by atoms with Crippen molar-refractivity contribution in [1.29, 1.82) is 0 Å². The lowest BCUT2D eigenvalue weighted by atomic mass is 10.1. The van der Waals surface area contributed by atoms with Gasteiger partial charge in [0.25, 0.3) is 0 Å². The number of furan rings is 1. The first-order valence-corrected chi connectivity index (χ1v) is 6.91. The molecule has 2 aromatic heterocycles. The van der Waals surface area contributed by atoms with Crippen molar-refractivity contribution < 1.29 is 4.42 Å². The van der Waals surface area contributed by atoms with Gasteiger partial charge in [-0.3, -0.25) is 4.68 Å². The fourth-order valence-corrected chi connectivity index (χ4v) is 2.57. The molecule has 104 valence electrons. The number of rotatable bonds is 4. The number of aromatic nitrogens is 2. The molecule has 0 fully saturated rings. The molecule has 20 heavy (non-hydrogen) atoms. The number of nitrogens with zero attached hydrogens (tertiary/aromatic N) is 2. The third-order valence-electron chi connectivity index (χ3n) is 3.64. The van der Waals surface area contributed by atoms with Crippen LogP contribution >= 0.6 is 0 Å². The van der Waals surface area contributed by atoms with Gasteiger partial charge in [0.15, 0.2) is 0 Å². The van der Waals surface area contributed by atoms with Gasteiger partial charge in [-0.25, -0.2) is 0 Å². The minimum atomic E-state index is 0.0141. The Morgan fingerprint density at radius 1 is 1.30 bits per heavy atom. The third-order valence-corrected chi connectivity index (χ3v) is 3.64. The second-order valence-corrected chi connectivity index (χ2v) is 4.95. The average molecular weight is 269 g/mol. The zero-order valence-corrected chi connectivity index (χ0v) is 12.1. The van der Waals surface area contributed by atoms with Gasteiger partial charge in [0.1, 0.15) is 17.4 Å². The van der Waals surface area contributed by atoms with Crippen LogP contribution in [-0.4, -0.2) is 16.8 Å². The third kappa shape index (κ3) is 2.12. The average Bonchev–Trinajstić information content (AvgIpc) is 3.04. The molecule has 0 bridgehead atoms. The second-order valence-electron chi connectivity index (χ2n) is 4.95. The quantitative estimate of drug-likeness (QED) is 0.791. The van der Waals surface area contributed by atoms with E-state index in [1.165, 1.54) is 0 Å². The van der Waals surface area contributed by atoms with E-state index in [1.54, 1.807) is 0 Å². The molecule has 2 heterocycles. The predicted molar refractivity (Wildman–Crippen MR) is 79.7 cm³/mol. The zero-order valence-electron chi connectivity index (χ0n) is 12.1. The standard InChI is InChI=1S/C16H19N3O/c1-4-12-10-13(19(3)18-12)16(17-2)15-9-11-7-5-6-8-14(11)20-15/h5-10,16-17H,4H2,1-3H3. The number of hydrogen-bond donors (Lipinski definition) is 1. The van der Waals surface area contributed by atoms with Gasteiger partial charge in [-0.2, -0.15) is 5.10 Å². The highest BCUT2D eigenvalue weighted by atomic mass is 16.3. The molecule has 1 aromatic carbocycles. The monoisotopic (exact) mass is 269 g/mol. The fraction of sp³-hybridized carbons (Fsp3) is 0.312. The van der Waals surface area contributed by atoms with Crippen molar-refractivity contribution in [2.45, 2.75) is 19.4 Å². The Hall–Kier alpha value is -2.07. The van der Waals surface area contributed by atoms with Gasteiger partial charge in [-0.05, 0) is 31.7 Å². The minimum absolute atomic E-state index is 0.0141. The molecule has 0 radical (unpaired) electrons. The minimum Gasteiger partial charge on any atom is -0.459 e. The van der Waals surface area contributed by atoms with E-state index in [9.17, 15) is 0 Å². The van der Waals surface area contributed by atoms with Crippen molar-refractivity contribution in [2.75, 3.05) is 7.05 Å². The van der Waals surface area contributed by atoms with Crippen LogP contribution in [0.5, 0.6) is 0 Å². The molecule has 1 unspecified atom stereocenters. The van der Waals surface area contributed by atoms with Crippen LogP contribution in [0, 0.1) is 0 Å². The normalized spacial score (nSPS) is 12.9. The first-order chi connectivity index (χ1) is 9.72. The van der Waals surface area contributed by atoms with Crippen LogP contribution in [0.25, 0.3) is 11.0 Å². The number of hydrogen-bond acceptors (Lipinski definition) is 3. The van der Waals surface area contributed by atoms with Crippen LogP contribution < -0.4 is 5.32 Å². The Labute approximate surface area is 118 Å². The summed E-state index contributed by atoms with van der Waals surface area (Å²) in [6, 6.07) is 12.3. The molecule has 1 N–H and O–H groups in total. The van der Waals surface area contributed by atoms with Gasteiger partial charge in [0, 0.05) is 12.4 Å². The van der Waals surface area contributed by atoms with E-state index in [0.717, 1.165) is 34.5 Å². The molecule has 0 aliphatic carbocycles. The van der Waals surface area contributed by atoms with E-state index in [0.29, 0.717) is 0 Å². The number of aryl methyl sites for hydroxylation is 2. The number of para-hydroxylation sites is 1. The van der Waals surface area contributed by atoms with E-state index in [2.05, 4.69) is 35.5 Å². The van der Waals surface area contributed by atoms with Crippen molar-refractivity contribution in [3.8, 4) is 0 Å². The van der Waals surface area contributed by atoms with Crippen LogP contribution in [0.15, 0.2) is 40.8 Å². The second kappa shape index (κ2) is 5.13. The highest BCUT2D eigenvalue weighted by Gasteiger charge is 2.20. The van der Waals surface area contributed by atoms with Crippen LogP contribution in [-0.2, 0) is 13.5 Å². The Morgan fingerprint density at radius 2 is 2.10 bits per heavy atom. The Balaban J connectivity index is 2.06. The van der Waals surface area contributed by atoms with Gasteiger partial charge in [-0.1, -0.05) is 25.1 Å². The molecular formula is C16H19N3O. The van der Waals surface area contributed by atoms with Gasteiger partial charge in [0.05, 0.1) is 11.4 Å². The number of benzene rings is 1. The Morgan fingerprint density at radius 3 is 2.75 bits per heavy atom. The summed E-state index contributed by atoms with van der Waals surface area (Å²) >= 11 is 0. The van der Waals surface area contributed by atoms with E-state index >= 15 is 0 Å². The Kier molecular flexibility index (Phi) is 3.32. The van der Waals surface area contributed by atoms with E-state index in [-0.39, 0.29) is 6.04 Å². The molecule has 0 saturated carbocycles. The molecule has 0 aliphatic rings. The topological polar surface area (TPSA) is 43.0 Å². The molecule has 4 nitrogen and oxygen atoms in total. The summed E-state index contributed by atoms with van der Waals surface area (Å²) in [5.41, 5.74) is 3.13. The number of nitrogens with one attached hydrogen (secondary N) is 1. The molecular weight excluding hydrogens is 250 g/mol. The lowest BCUT2D eigenvalue weighted by molar-refractivity contribution is 0.473. The van der Waals surface area contributed by atoms with Crippen LogP contribution in [0.2, 0.25) is 0 Å². The Bertz CT molecular complexity index is 693. The summed E-state index contributed by atoms with van der Waals surface area (Å²) in [6.07, 6.45) is 0.935. The first kappa shape index (κ1) is 12.9. The van der Waals surface area contributed by atoms with Gasteiger partial charge < -0.3 is 9.73 Å². The van der Waals surface area contributed by atoms with Crippen molar-refractivity contribution in [2.24, 2.45) is 7.05 Å². The van der Waals surface area contributed by atoms with Crippen molar-refractivity contribution >= 4 is 11.0 Å². The summed E-state index contributed by atoms with van der Waals surface area (Å²) in [4.78, 5) is 0. The molecule has 0 amide bonds. The fourth-order valence-electron chi connectivity index (χ4n) is 2.57. The lowest BCUT2D eigenvalue weighted by Gasteiger charge is -2.13. The highest BCUT2D eigenvalue weighted by molar-refractivity contribution is 5.77. The maximum atomic E-state index is 5.97. The predicted octanol–water partition coefficient (Wildman–Crippen LogP) is 3.04. The number of fused-ring (bicyclic) bond motifs is 1. The molecule has 3 rings (SSSR count). The summed E-state index contributed by atoms with van der Waals surface area (Å²) < 4.78 is 7.89. The molecule has 3 aromatic rings. The van der Waals surface area contributed by atoms with Gasteiger partial charge in [0.2, 0.25) is 0 Å². The summed E-state index contributed by atoms with van der Waals surface area (Å²) in [5, 5.41) is 8.96. The summed E-state index contributed by atoms with van der Waals surface area (Å²) in [5.74, 6) is 0.916. The van der Waals surface area contributed by atoms with Gasteiger partial charge in [-0.15, -0.1) is 0 Å². The van der Waals surface area contributed by atoms with Crippen LogP contribution in [0.4, 0.5) is 0 Å². The largest absolute Gasteiger partial charge is 0.459 e. The first-order valence-electron chi connectivity index (χ1n) is 6.91. The highest BCUT2D eigenvalue weighted by Crippen LogP contribution is 2.28. The SMILES string of the molecule is CCc1cc(C(NC)c2cc3ccccc3o2)n(C)n1. The van der Waals surface area contributed by atoms with Crippen molar-refractivity contribution in [1.82, 2.24) is 15.1 Å². The molecule has 0 spiro atoms. The van der Waals surface area contributed by atoms with Crippen molar-refractivity contribution in [3.05, 3.63) is 53.5 Å². The maximum absolute atomic E-state index is 5.97. The van der Waals surface area contributed by atoms with E-state index in [4.69, 9.17) is 4.42 Å². The molecule has 0 saturated heterocycles. The molecule has 0 aliphatic heterocycles. The van der Waals surface area contributed by atoms with Gasteiger partial charge >= 0.3 is 0 Å². The van der Waals surface area contributed by atoms with Crippen LogP contribution in [0.1, 0.15) is 30.1 Å². The molecule has 1 atom stereocenters. The lowest BCUT2D eigenvalue weighted by Crippen LogP contribution is -2.20. The van der Waals surface area contributed by atoms with Crippen molar-refractivity contribution in [3.63, 3.8) is 0 Å². The molecule has 4 heteroatoms. The van der Waals surface area contributed by atoms with E-state index in [1.807, 2.05) is 37.0 Å². The van der Waals surface area contributed by atoms with E-state index < -0.39 is 0 Å².